The second-order valence-corrected chi connectivity index (χ2v) is 3.24. The van der Waals surface area contributed by atoms with Crippen molar-refractivity contribution in [1.82, 2.24) is 0 Å². The second kappa shape index (κ2) is 3.25. The first-order chi connectivity index (χ1) is 3.93. The van der Waals surface area contributed by atoms with Crippen LogP contribution in [-0.4, -0.2) is 5.33 Å². The molecule has 8 heavy (non-hydrogen) atoms. The fourth-order valence-corrected chi connectivity index (χ4v) is 1.83. The summed E-state index contributed by atoms with van der Waals surface area (Å²) in [6.07, 6.45) is 1.13. The topological polar surface area (TPSA) is 0 Å². The van der Waals surface area contributed by atoms with E-state index >= 15 is 0 Å². The van der Waals surface area contributed by atoms with Gasteiger partial charge in [0.05, 0.1) is 0 Å². The Morgan fingerprint density at radius 2 is 2.62 bits per heavy atom. The molecular weight excluding hydrogens is 184 g/mol. The van der Waals surface area contributed by atoms with Gasteiger partial charge in [-0.15, -0.1) is 11.3 Å². The van der Waals surface area contributed by atoms with Gasteiger partial charge in [0, 0.05) is 10.2 Å². The molecule has 0 bridgehead atoms. The quantitative estimate of drug-likeness (QED) is 0.628. The van der Waals surface area contributed by atoms with Crippen LogP contribution in [0.1, 0.15) is 4.88 Å². The van der Waals surface area contributed by atoms with E-state index in [1.54, 1.807) is 11.3 Å². The molecule has 0 atom stereocenters. The zero-order valence-corrected chi connectivity index (χ0v) is 6.76. The van der Waals surface area contributed by atoms with Gasteiger partial charge >= 0.3 is 0 Å². The van der Waals surface area contributed by atoms with Crippen molar-refractivity contribution in [3.05, 3.63) is 22.4 Å². The minimum Gasteiger partial charge on any atom is -0.148 e. The third-order valence-corrected chi connectivity index (χ3v) is 2.14. The second-order valence-electron chi connectivity index (χ2n) is 1.45. The van der Waals surface area contributed by atoms with Gasteiger partial charge in [-0.2, -0.15) is 0 Å². The summed E-state index contributed by atoms with van der Waals surface area (Å²) in [4.78, 5) is 1.40. The molecule has 0 aliphatic heterocycles. The lowest BCUT2D eigenvalue weighted by atomic mass is 10.4. The van der Waals surface area contributed by atoms with E-state index in [1.807, 2.05) is 11.4 Å². The molecule has 0 aliphatic carbocycles. The van der Waals surface area contributed by atoms with E-state index in [4.69, 9.17) is 0 Å². The van der Waals surface area contributed by atoms with Gasteiger partial charge in [0.2, 0.25) is 0 Å². The molecule has 0 fully saturated rings. The maximum absolute atomic E-state index is 3.36. The number of halogens is 1. The van der Waals surface area contributed by atoms with Crippen molar-refractivity contribution < 1.29 is 0 Å². The van der Waals surface area contributed by atoms with Gasteiger partial charge in [-0.05, 0) is 23.9 Å². The van der Waals surface area contributed by atoms with Crippen LogP contribution in [-0.2, 0) is 6.42 Å². The van der Waals surface area contributed by atoms with Crippen LogP contribution < -0.4 is 0 Å². The summed E-state index contributed by atoms with van der Waals surface area (Å²) >= 11 is 5.13. The van der Waals surface area contributed by atoms with Gasteiger partial charge in [-0.3, -0.25) is 0 Å². The van der Waals surface area contributed by atoms with Crippen LogP contribution in [0.25, 0.3) is 0 Å². The molecule has 0 saturated carbocycles. The first-order valence-electron chi connectivity index (χ1n) is 2.43. The molecule has 0 nitrogen and oxygen atoms in total. The molecule has 1 aromatic heterocycles. The molecule has 0 amide bonds. The Morgan fingerprint density at radius 3 is 3.12 bits per heavy atom. The number of hydrogen-bond donors (Lipinski definition) is 0. The minimum atomic E-state index is 1.06. The van der Waals surface area contributed by atoms with E-state index in [9.17, 15) is 0 Å². The number of alkyl halides is 1. The molecule has 1 rings (SSSR count). The van der Waals surface area contributed by atoms with Crippen molar-refractivity contribution in [3.8, 4) is 0 Å². The molecule has 1 heterocycles. The van der Waals surface area contributed by atoms with Crippen molar-refractivity contribution in [3.63, 3.8) is 0 Å². The molecule has 0 spiro atoms. The average Bonchev–Trinajstić information content (AvgIpc) is 2.19. The minimum absolute atomic E-state index is 1.06. The van der Waals surface area contributed by atoms with Crippen LogP contribution >= 0.6 is 27.3 Å². The molecule has 0 aromatic carbocycles. The third kappa shape index (κ3) is 1.60. The highest BCUT2D eigenvalue weighted by molar-refractivity contribution is 9.09. The zero-order valence-electron chi connectivity index (χ0n) is 4.36. The maximum Gasteiger partial charge on any atom is 0.00796 e. The number of thiophene rings is 1. The van der Waals surface area contributed by atoms with E-state index in [2.05, 4.69) is 22.0 Å². The summed E-state index contributed by atoms with van der Waals surface area (Å²) < 4.78 is 0. The zero-order chi connectivity index (χ0) is 5.82. The van der Waals surface area contributed by atoms with Gasteiger partial charge in [-0.1, -0.05) is 15.9 Å². The Kier molecular flexibility index (Phi) is 2.56. The van der Waals surface area contributed by atoms with Crippen LogP contribution in [0.5, 0.6) is 0 Å². The molecule has 1 aromatic rings. The van der Waals surface area contributed by atoms with E-state index in [1.165, 1.54) is 4.88 Å². The molecule has 0 unspecified atom stereocenters. The Bertz CT molecular complexity index is 134. The largest absolute Gasteiger partial charge is 0.148 e. The van der Waals surface area contributed by atoms with Crippen LogP contribution in [0.4, 0.5) is 0 Å². The lowest BCUT2D eigenvalue weighted by Crippen LogP contribution is -1.76. The van der Waals surface area contributed by atoms with Crippen LogP contribution in [0.3, 0.4) is 0 Å². The van der Waals surface area contributed by atoms with Crippen LogP contribution in [0.2, 0.25) is 0 Å². The SMILES string of the molecule is BrCCc1c[c]cs1. The van der Waals surface area contributed by atoms with Crippen LogP contribution in [0, 0.1) is 6.07 Å². The van der Waals surface area contributed by atoms with Crippen molar-refractivity contribution in [2.75, 3.05) is 5.33 Å². The Hall–Kier alpha value is 0.180. The van der Waals surface area contributed by atoms with E-state index in [-0.39, 0.29) is 0 Å². The van der Waals surface area contributed by atoms with E-state index in [0.29, 0.717) is 0 Å². The van der Waals surface area contributed by atoms with Gasteiger partial charge in [0.25, 0.3) is 0 Å². The smallest absolute Gasteiger partial charge is 0.00796 e. The summed E-state index contributed by atoms with van der Waals surface area (Å²) in [7, 11) is 0. The Morgan fingerprint density at radius 1 is 1.75 bits per heavy atom. The standard InChI is InChI=1S/C6H6BrS/c7-4-3-6-2-1-5-8-6/h2,5H,3-4H2. The summed E-state index contributed by atoms with van der Waals surface area (Å²) in [5.41, 5.74) is 0. The molecular formula is C6H6BrS. The first kappa shape index (κ1) is 6.30. The van der Waals surface area contributed by atoms with Crippen molar-refractivity contribution in [2.45, 2.75) is 6.42 Å². The van der Waals surface area contributed by atoms with Crippen molar-refractivity contribution in [1.29, 1.82) is 0 Å². The van der Waals surface area contributed by atoms with Gasteiger partial charge in [0.15, 0.2) is 0 Å². The monoisotopic (exact) mass is 189 g/mol. The van der Waals surface area contributed by atoms with Crippen LogP contribution in [0.15, 0.2) is 11.4 Å². The Labute approximate surface area is 61.7 Å². The molecule has 0 saturated heterocycles. The van der Waals surface area contributed by atoms with Crippen molar-refractivity contribution >= 4 is 27.3 Å². The average molecular weight is 190 g/mol. The summed E-state index contributed by atoms with van der Waals surface area (Å²) in [5.74, 6) is 0. The lowest BCUT2D eigenvalue weighted by molar-refractivity contribution is 1.22. The predicted molar refractivity (Wildman–Crippen MR) is 40.7 cm³/mol. The number of rotatable bonds is 2. The summed E-state index contributed by atoms with van der Waals surface area (Å²) in [6, 6.07) is 5.05. The molecule has 2 heteroatoms. The van der Waals surface area contributed by atoms with Gasteiger partial charge in [0.1, 0.15) is 0 Å². The molecule has 0 N–H and O–H groups in total. The molecule has 1 radical (unpaired) electrons. The fourth-order valence-electron chi connectivity index (χ4n) is 0.495. The Balaban J connectivity index is 2.50. The maximum atomic E-state index is 3.36. The highest BCUT2D eigenvalue weighted by Gasteiger charge is 1.88. The predicted octanol–water partition coefficient (Wildman–Crippen LogP) is 2.49. The van der Waals surface area contributed by atoms with E-state index < -0.39 is 0 Å². The summed E-state index contributed by atoms with van der Waals surface area (Å²) in [5, 5.41) is 3.04. The number of aryl methyl sites for hydroxylation is 1. The van der Waals surface area contributed by atoms with E-state index in [0.717, 1.165) is 11.8 Å². The van der Waals surface area contributed by atoms with Gasteiger partial charge < -0.3 is 0 Å². The highest BCUT2D eigenvalue weighted by Crippen LogP contribution is 2.08. The number of hydrogen-bond acceptors (Lipinski definition) is 1. The van der Waals surface area contributed by atoms with Crippen molar-refractivity contribution in [2.24, 2.45) is 0 Å². The third-order valence-electron chi connectivity index (χ3n) is 0.864. The summed E-state index contributed by atoms with van der Waals surface area (Å²) in [6.45, 7) is 0. The molecule has 0 aliphatic rings. The molecule has 43 valence electrons. The van der Waals surface area contributed by atoms with Gasteiger partial charge in [-0.25, -0.2) is 0 Å². The fraction of sp³-hybridized carbons (Fsp3) is 0.333. The first-order valence-corrected chi connectivity index (χ1v) is 4.43. The lowest BCUT2D eigenvalue weighted by Gasteiger charge is -1.84. The normalized spacial score (nSPS) is 9.62. The highest BCUT2D eigenvalue weighted by atomic mass is 79.9.